The standard InChI is InChI=1S/C15H17N3O/c1-2-14(17-13-4-6-16-7-5-13)12-15(3-1)18-8-10-19-11-9-18/h1-7,12H,8-11H2,(H,16,17). The van der Waals surface area contributed by atoms with Gasteiger partial charge in [0.05, 0.1) is 13.2 Å². The first-order chi connectivity index (χ1) is 9.42. The Balaban J connectivity index is 1.76. The fourth-order valence-electron chi connectivity index (χ4n) is 2.20. The number of rotatable bonds is 3. The van der Waals surface area contributed by atoms with Gasteiger partial charge in [0, 0.05) is 42.5 Å². The van der Waals surface area contributed by atoms with Crippen LogP contribution in [0, 0.1) is 0 Å². The smallest absolute Gasteiger partial charge is 0.0642 e. The summed E-state index contributed by atoms with van der Waals surface area (Å²) in [5.74, 6) is 0. The van der Waals surface area contributed by atoms with Crippen LogP contribution in [-0.4, -0.2) is 31.3 Å². The average molecular weight is 255 g/mol. The van der Waals surface area contributed by atoms with Crippen molar-refractivity contribution in [3.05, 3.63) is 48.8 Å². The Kier molecular flexibility index (Phi) is 3.61. The van der Waals surface area contributed by atoms with Crippen molar-refractivity contribution >= 4 is 17.1 Å². The highest BCUT2D eigenvalue weighted by Gasteiger charge is 2.11. The van der Waals surface area contributed by atoms with Crippen LogP contribution in [-0.2, 0) is 4.74 Å². The summed E-state index contributed by atoms with van der Waals surface area (Å²) < 4.78 is 5.38. The number of ether oxygens (including phenoxy) is 1. The molecule has 1 aromatic heterocycles. The second-order valence-corrected chi connectivity index (χ2v) is 4.51. The molecule has 4 heteroatoms. The summed E-state index contributed by atoms with van der Waals surface area (Å²) in [4.78, 5) is 6.36. The Morgan fingerprint density at radius 1 is 1.00 bits per heavy atom. The molecular formula is C15H17N3O. The molecule has 1 saturated heterocycles. The van der Waals surface area contributed by atoms with Crippen molar-refractivity contribution in [1.82, 2.24) is 4.98 Å². The summed E-state index contributed by atoms with van der Waals surface area (Å²) in [6.07, 6.45) is 3.57. The lowest BCUT2D eigenvalue weighted by molar-refractivity contribution is 0.122. The largest absolute Gasteiger partial charge is 0.378 e. The highest BCUT2D eigenvalue weighted by Crippen LogP contribution is 2.23. The lowest BCUT2D eigenvalue weighted by Gasteiger charge is -2.29. The molecule has 1 aromatic carbocycles. The van der Waals surface area contributed by atoms with Crippen LogP contribution in [0.5, 0.6) is 0 Å². The highest BCUT2D eigenvalue weighted by atomic mass is 16.5. The van der Waals surface area contributed by atoms with Crippen LogP contribution in [0.4, 0.5) is 17.1 Å². The van der Waals surface area contributed by atoms with Gasteiger partial charge < -0.3 is 15.0 Å². The maximum Gasteiger partial charge on any atom is 0.0642 e. The predicted octanol–water partition coefficient (Wildman–Crippen LogP) is 2.66. The van der Waals surface area contributed by atoms with Gasteiger partial charge in [-0.1, -0.05) is 6.07 Å². The Hall–Kier alpha value is -2.07. The third-order valence-electron chi connectivity index (χ3n) is 3.19. The molecule has 98 valence electrons. The molecule has 3 rings (SSSR count). The zero-order valence-corrected chi connectivity index (χ0v) is 10.7. The van der Waals surface area contributed by atoms with E-state index >= 15 is 0 Å². The number of anilines is 3. The molecule has 1 aliphatic heterocycles. The van der Waals surface area contributed by atoms with E-state index in [1.165, 1.54) is 5.69 Å². The number of hydrogen-bond donors (Lipinski definition) is 1. The van der Waals surface area contributed by atoms with E-state index in [9.17, 15) is 0 Å². The van der Waals surface area contributed by atoms with Crippen molar-refractivity contribution in [1.29, 1.82) is 0 Å². The van der Waals surface area contributed by atoms with E-state index in [4.69, 9.17) is 4.74 Å². The SMILES string of the molecule is c1cc(Nc2ccncc2)cc(N2CCOCC2)c1. The van der Waals surface area contributed by atoms with Gasteiger partial charge in [-0.25, -0.2) is 0 Å². The van der Waals surface area contributed by atoms with Gasteiger partial charge in [0.1, 0.15) is 0 Å². The lowest BCUT2D eigenvalue weighted by atomic mass is 10.2. The summed E-state index contributed by atoms with van der Waals surface area (Å²) in [5.41, 5.74) is 3.38. The van der Waals surface area contributed by atoms with Crippen LogP contribution in [0.1, 0.15) is 0 Å². The van der Waals surface area contributed by atoms with E-state index in [0.29, 0.717) is 0 Å². The van der Waals surface area contributed by atoms with E-state index in [1.807, 2.05) is 12.1 Å². The first-order valence-electron chi connectivity index (χ1n) is 6.52. The van der Waals surface area contributed by atoms with Gasteiger partial charge >= 0.3 is 0 Å². The minimum absolute atomic E-state index is 0.808. The van der Waals surface area contributed by atoms with Crippen molar-refractivity contribution < 1.29 is 4.74 Å². The number of nitrogens with zero attached hydrogens (tertiary/aromatic N) is 2. The van der Waals surface area contributed by atoms with Crippen LogP contribution < -0.4 is 10.2 Å². The van der Waals surface area contributed by atoms with Gasteiger partial charge in [-0.05, 0) is 30.3 Å². The van der Waals surface area contributed by atoms with E-state index in [-0.39, 0.29) is 0 Å². The summed E-state index contributed by atoms with van der Waals surface area (Å²) in [5, 5.41) is 3.39. The van der Waals surface area contributed by atoms with E-state index in [2.05, 4.69) is 39.5 Å². The third kappa shape index (κ3) is 3.03. The molecule has 0 radical (unpaired) electrons. The molecule has 19 heavy (non-hydrogen) atoms. The molecule has 0 amide bonds. The second kappa shape index (κ2) is 5.71. The number of nitrogens with one attached hydrogen (secondary N) is 1. The Labute approximate surface area is 113 Å². The van der Waals surface area contributed by atoms with Crippen LogP contribution in [0.25, 0.3) is 0 Å². The maximum atomic E-state index is 5.38. The number of benzene rings is 1. The fourth-order valence-corrected chi connectivity index (χ4v) is 2.20. The first-order valence-corrected chi connectivity index (χ1v) is 6.52. The van der Waals surface area contributed by atoms with Crippen LogP contribution in [0.3, 0.4) is 0 Å². The van der Waals surface area contributed by atoms with Gasteiger partial charge in [0.15, 0.2) is 0 Å². The molecule has 4 nitrogen and oxygen atoms in total. The minimum Gasteiger partial charge on any atom is -0.378 e. The third-order valence-corrected chi connectivity index (χ3v) is 3.19. The molecule has 0 spiro atoms. The molecular weight excluding hydrogens is 238 g/mol. The van der Waals surface area contributed by atoms with Crippen LogP contribution in [0.2, 0.25) is 0 Å². The Morgan fingerprint density at radius 2 is 1.79 bits per heavy atom. The van der Waals surface area contributed by atoms with Crippen molar-refractivity contribution in [2.45, 2.75) is 0 Å². The topological polar surface area (TPSA) is 37.4 Å². The van der Waals surface area contributed by atoms with Crippen molar-refractivity contribution in [3.8, 4) is 0 Å². The van der Waals surface area contributed by atoms with Gasteiger partial charge in [-0.2, -0.15) is 0 Å². The van der Waals surface area contributed by atoms with Crippen molar-refractivity contribution in [2.24, 2.45) is 0 Å². The van der Waals surface area contributed by atoms with Gasteiger partial charge in [-0.15, -0.1) is 0 Å². The maximum absolute atomic E-state index is 5.38. The van der Waals surface area contributed by atoms with E-state index < -0.39 is 0 Å². The summed E-state index contributed by atoms with van der Waals surface area (Å²) in [6.45, 7) is 3.53. The molecule has 1 aliphatic rings. The monoisotopic (exact) mass is 255 g/mol. The highest BCUT2D eigenvalue weighted by molar-refractivity contribution is 5.64. The van der Waals surface area contributed by atoms with Crippen molar-refractivity contribution in [2.75, 3.05) is 36.5 Å². The van der Waals surface area contributed by atoms with Gasteiger partial charge in [0.25, 0.3) is 0 Å². The molecule has 2 heterocycles. The molecule has 0 unspecified atom stereocenters. The molecule has 0 aliphatic carbocycles. The fraction of sp³-hybridized carbons (Fsp3) is 0.267. The number of pyridine rings is 1. The molecule has 1 N–H and O–H groups in total. The van der Waals surface area contributed by atoms with Gasteiger partial charge in [-0.3, -0.25) is 4.98 Å². The van der Waals surface area contributed by atoms with E-state index in [1.54, 1.807) is 12.4 Å². The molecule has 0 atom stereocenters. The number of morpholine rings is 1. The van der Waals surface area contributed by atoms with E-state index in [0.717, 1.165) is 37.7 Å². The molecule has 0 bridgehead atoms. The molecule has 0 saturated carbocycles. The summed E-state index contributed by atoms with van der Waals surface area (Å²) in [6, 6.07) is 12.4. The minimum atomic E-state index is 0.808. The Bertz CT molecular complexity index is 524. The predicted molar refractivity (Wildman–Crippen MR) is 77.0 cm³/mol. The first kappa shape index (κ1) is 12.0. The van der Waals surface area contributed by atoms with Crippen LogP contribution in [0.15, 0.2) is 48.8 Å². The summed E-state index contributed by atoms with van der Waals surface area (Å²) in [7, 11) is 0. The molecule has 2 aromatic rings. The van der Waals surface area contributed by atoms with Crippen LogP contribution >= 0.6 is 0 Å². The number of aromatic nitrogens is 1. The molecule has 1 fully saturated rings. The van der Waals surface area contributed by atoms with Crippen molar-refractivity contribution in [3.63, 3.8) is 0 Å². The summed E-state index contributed by atoms with van der Waals surface area (Å²) >= 11 is 0. The number of hydrogen-bond acceptors (Lipinski definition) is 4. The zero-order valence-electron chi connectivity index (χ0n) is 10.7. The normalized spacial score (nSPS) is 15.3. The average Bonchev–Trinajstić information content (AvgIpc) is 2.49. The second-order valence-electron chi connectivity index (χ2n) is 4.51. The van der Waals surface area contributed by atoms with Gasteiger partial charge in [0.2, 0.25) is 0 Å². The quantitative estimate of drug-likeness (QED) is 0.915. The zero-order chi connectivity index (χ0) is 12.9. The lowest BCUT2D eigenvalue weighted by Crippen LogP contribution is -2.36. The Morgan fingerprint density at radius 3 is 2.58 bits per heavy atom.